The molecule has 0 aromatic rings. The summed E-state index contributed by atoms with van der Waals surface area (Å²) in [6.45, 7) is 8.92. The third-order valence-corrected chi connectivity index (χ3v) is 5.68. The molecule has 1 N–H and O–H groups in total. The fourth-order valence-corrected chi connectivity index (χ4v) is 4.15. The van der Waals surface area contributed by atoms with Crippen LogP contribution in [0.4, 0.5) is 4.79 Å². The van der Waals surface area contributed by atoms with Crippen molar-refractivity contribution >= 4 is 13.9 Å². The van der Waals surface area contributed by atoms with Gasteiger partial charge in [0, 0.05) is 13.1 Å². The summed E-state index contributed by atoms with van der Waals surface area (Å²) in [4.78, 5) is 23.8. The molecule has 1 saturated heterocycles. The molecule has 1 fully saturated rings. The Morgan fingerprint density at radius 2 is 1.71 bits per heavy atom. The van der Waals surface area contributed by atoms with E-state index in [2.05, 4.69) is 6.92 Å². The molecule has 1 rings (SSSR count). The number of nitrogens with zero attached hydrogens (tertiary/aromatic N) is 1. The van der Waals surface area contributed by atoms with Crippen LogP contribution in [0, 0.1) is 0 Å². The molecule has 8 heteroatoms. The van der Waals surface area contributed by atoms with Crippen molar-refractivity contribution in [3.63, 3.8) is 0 Å². The maximum Gasteiger partial charge on any atom is 0.472 e. The fourth-order valence-electron chi connectivity index (χ4n) is 3.14. The summed E-state index contributed by atoms with van der Waals surface area (Å²) in [6, 6.07) is 0. The highest BCUT2D eigenvalue weighted by Crippen LogP contribution is 2.46. The Kier molecular flexibility index (Phi) is 11.7. The maximum atomic E-state index is 12.2. The molecule has 0 aliphatic carbocycles. The molecule has 7 nitrogen and oxygen atoms in total. The molecule has 0 aromatic heterocycles. The van der Waals surface area contributed by atoms with Crippen LogP contribution in [-0.4, -0.2) is 47.3 Å². The number of phosphoric ester groups is 1. The van der Waals surface area contributed by atoms with Crippen molar-refractivity contribution in [2.75, 3.05) is 19.7 Å². The molecule has 2 atom stereocenters. The zero-order valence-corrected chi connectivity index (χ0v) is 19.0. The van der Waals surface area contributed by atoms with Gasteiger partial charge in [-0.05, 0) is 46.5 Å². The molecule has 0 radical (unpaired) electrons. The van der Waals surface area contributed by atoms with Gasteiger partial charge in [0.2, 0.25) is 0 Å². The van der Waals surface area contributed by atoms with E-state index in [4.69, 9.17) is 13.8 Å². The van der Waals surface area contributed by atoms with E-state index in [0.717, 1.165) is 19.3 Å². The third kappa shape index (κ3) is 12.1. The predicted octanol–water partition coefficient (Wildman–Crippen LogP) is 5.66. The van der Waals surface area contributed by atoms with E-state index in [1.165, 1.54) is 25.7 Å². The molecule has 1 aliphatic heterocycles. The van der Waals surface area contributed by atoms with Crippen molar-refractivity contribution in [3.05, 3.63) is 0 Å². The van der Waals surface area contributed by atoms with Crippen LogP contribution in [0.5, 0.6) is 0 Å². The first-order chi connectivity index (χ1) is 13.1. The molecule has 1 amide bonds. The van der Waals surface area contributed by atoms with Gasteiger partial charge in [-0.25, -0.2) is 9.36 Å². The summed E-state index contributed by atoms with van der Waals surface area (Å²) in [5.74, 6) is 0. The second-order valence-corrected chi connectivity index (χ2v) is 9.95. The van der Waals surface area contributed by atoms with Crippen LogP contribution in [0.3, 0.4) is 0 Å². The first-order valence-corrected chi connectivity index (χ1v) is 12.3. The van der Waals surface area contributed by atoms with Crippen molar-refractivity contribution in [1.29, 1.82) is 0 Å². The topological polar surface area (TPSA) is 85.3 Å². The van der Waals surface area contributed by atoms with E-state index in [1.54, 1.807) is 4.90 Å². The van der Waals surface area contributed by atoms with Crippen LogP contribution in [0.15, 0.2) is 0 Å². The Morgan fingerprint density at radius 3 is 2.36 bits per heavy atom. The van der Waals surface area contributed by atoms with Gasteiger partial charge in [-0.3, -0.25) is 9.05 Å². The van der Waals surface area contributed by atoms with Crippen molar-refractivity contribution in [1.82, 2.24) is 4.90 Å². The smallest absolute Gasteiger partial charge is 0.444 e. The SMILES string of the molecule is CCCCCCCCCOP(=O)(O)OC1CCCN(C(=O)OC(C)(C)C)CC1. The molecule has 0 bridgehead atoms. The summed E-state index contributed by atoms with van der Waals surface area (Å²) in [7, 11) is -4.06. The van der Waals surface area contributed by atoms with Gasteiger partial charge in [0.05, 0.1) is 12.7 Å². The molecular weight excluding hydrogens is 381 g/mol. The second kappa shape index (κ2) is 12.8. The van der Waals surface area contributed by atoms with Gasteiger partial charge in [-0.1, -0.05) is 45.4 Å². The van der Waals surface area contributed by atoms with Crippen molar-refractivity contribution in [3.8, 4) is 0 Å². The first kappa shape index (κ1) is 25.4. The van der Waals surface area contributed by atoms with Crippen LogP contribution in [-0.2, 0) is 18.3 Å². The van der Waals surface area contributed by atoms with Crippen molar-refractivity contribution < 1.29 is 28.0 Å². The van der Waals surface area contributed by atoms with E-state index in [9.17, 15) is 14.3 Å². The number of amides is 1. The predicted molar refractivity (Wildman–Crippen MR) is 110 cm³/mol. The van der Waals surface area contributed by atoms with E-state index in [1.807, 2.05) is 20.8 Å². The van der Waals surface area contributed by atoms with Crippen molar-refractivity contribution in [2.24, 2.45) is 0 Å². The molecule has 1 aliphatic rings. The fraction of sp³-hybridized carbons (Fsp3) is 0.950. The molecule has 1 heterocycles. The number of phosphoric acid groups is 1. The summed E-state index contributed by atoms with van der Waals surface area (Å²) < 4.78 is 28.1. The molecule has 2 unspecified atom stereocenters. The van der Waals surface area contributed by atoms with Crippen LogP contribution >= 0.6 is 7.82 Å². The monoisotopic (exact) mass is 421 g/mol. The lowest BCUT2D eigenvalue weighted by Gasteiger charge is -2.26. The highest BCUT2D eigenvalue weighted by Gasteiger charge is 2.30. The largest absolute Gasteiger partial charge is 0.472 e. The van der Waals surface area contributed by atoms with Crippen LogP contribution < -0.4 is 0 Å². The Morgan fingerprint density at radius 1 is 1.07 bits per heavy atom. The molecule has 0 saturated carbocycles. The lowest BCUT2D eigenvalue weighted by Crippen LogP contribution is -2.37. The van der Waals surface area contributed by atoms with Gasteiger partial charge in [0.15, 0.2) is 0 Å². The number of ether oxygens (including phenoxy) is 1. The number of likely N-dealkylation sites (tertiary alicyclic amines) is 1. The average molecular weight is 422 g/mol. The number of carbonyl (C=O) groups excluding carboxylic acids is 1. The van der Waals surface area contributed by atoms with E-state index in [-0.39, 0.29) is 12.7 Å². The van der Waals surface area contributed by atoms with Crippen LogP contribution in [0.1, 0.15) is 91.9 Å². The molecule has 28 heavy (non-hydrogen) atoms. The Balaban J connectivity index is 2.27. The van der Waals surface area contributed by atoms with Crippen LogP contribution in [0.25, 0.3) is 0 Å². The minimum atomic E-state index is -4.06. The Labute approximate surface area is 170 Å². The molecule has 0 spiro atoms. The van der Waals surface area contributed by atoms with E-state index < -0.39 is 19.5 Å². The zero-order valence-electron chi connectivity index (χ0n) is 18.2. The summed E-state index contributed by atoms with van der Waals surface area (Å²) in [5, 5.41) is 0. The number of hydrogen-bond donors (Lipinski definition) is 1. The van der Waals surface area contributed by atoms with E-state index >= 15 is 0 Å². The lowest BCUT2D eigenvalue weighted by molar-refractivity contribution is 0.0250. The summed E-state index contributed by atoms with van der Waals surface area (Å²) in [5.41, 5.74) is -0.538. The van der Waals surface area contributed by atoms with Gasteiger partial charge in [-0.15, -0.1) is 0 Å². The van der Waals surface area contributed by atoms with Gasteiger partial charge in [0.25, 0.3) is 0 Å². The number of rotatable bonds is 11. The maximum absolute atomic E-state index is 12.2. The summed E-state index contributed by atoms with van der Waals surface area (Å²) in [6.07, 6.45) is 8.90. The van der Waals surface area contributed by atoms with Crippen molar-refractivity contribution in [2.45, 2.75) is 104 Å². The van der Waals surface area contributed by atoms with E-state index in [0.29, 0.717) is 32.4 Å². The highest BCUT2D eigenvalue weighted by atomic mass is 31.2. The highest BCUT2D eigenvalue weighted by molar-refractivity contribution is 7.47. The number of unbranched alkanes of at least 4 members (excludes halogenated alkanes) is 6. The average Bonchev–Trinajstić information content (AvgIpc) is 2.81. The zero-order chi connectivity index (χ0) is 21.0. The first-order valence-electron chi connectivity index (χ1n) is 10.8. The lowest BCUT2D eigenvalue weighted by atomic mass is 10.1. The molecular formula is C20H40NO6P. The minimum Gasteiger partial charge on any atom is -0.444 e. The second-order valence-electron chi connectivity index (χ2n) is 8.55. The van der Waals surface area contributed by atoms with Gasteiger partial charge in [-0.2, -0.15) is 0 Å². The van der Waals surface area contributed by atoms with Gasteiger partial charge in [0.1, 0.15) is 5.60 Å². The Hall–Kier alpha value is -0.620. The van der Waals surface area contributed by atoms with Gasteiger partial charge >= 0.3 is 13.9 Å². The standard InChI is InChI=1S/C20H40NO6P/c1-5-6-7-8-9-10-11-17-25-28(23,24)27-18-13-12-15-21(16-14-18)19(22)26-20(2,3)4/h18H,5-17H2,1-4H3,(H,23,24). The summed E-state index contributed by atoms with van der Waals surface area (Å²) >= 11 is 0. The molecule has 0 aromatic carbocycles. The van der Waals surface area contributed by atoms with Crippen LogP contribution in [0.2, 0.25) is 0 Å². The Bertz CT molecular complexity index is 494. The quantitative estimate of drug-likeness (QED) is 0.342. The number of carbonyl (C=O) groups is 1. The molecule has 166 valence electrons. The van der Waals surface area contributed by atoms with Gasteiger partial charge < -0.3 is 14.5 Å². The third-order valence-electron chi connectivity index (χ3n) is 4.61. The number of hydrogen-bond acceptors (Lipinski definition) is 5. The minimum absolute atomic E-state index is 0.234. The normalized spacial score (nSPS) is 20.5.